The summed E-state index contributed by atoms with van der Waals surface area (Å²) in [4.78, 5) is 26.8. The van der Waals surface area contributed by atoms with Crippen molar-refractivity contribution in [2.45, 2.75) is 6.92 Å². The summed E-state index contributed by atoms with van der Waals surface area (Å²) < 4.78 is 0. The molecule has 0 fully saturated rings. The molecule has 0 unspecified atom stereocenters. The third-order valence-electron chi connectivity index (χ3n) is 1.30. The van der Waals surface area contributed by atoms with Gasteiger partial charge in [0.1, 0.15) is 0 Å². The molecule has 0 saturated carbocycles. The molecule has 0 bridgehead atoms. The van der Waals surface area contributed by atoms with Crippen molar-refractivity contribution in [3.63, 3.8) is 0 Å². The predicted octanol–water partition coefficient (Wildman–Crippen LogP) is 3.52. The van der Waals surface area contributed by atoms with Crippen LogP contribution in [0.4, 0.5) is 0 Å². The van der Waals surface area contributed by atoms with Crippen LogP contribution in [0.2, 0.25) is 0 Å². The van der Waals surface area contributed by atoms with Gasteiger partial charge in [-0.25, -0.2) is 0 Å². The van der Waals surface area contributed by atoms with E-state index in [-0.39, 0.29) is 150 Å². The standard InChI is InChI=1S/C8H18N4O.6C3H9N.6HI/c1-2-12-8(13)7-11-6-5-10-4-3-9;6*1-4(2)3;;;;;;/h7,10H,2-6,9H2,1H3,(H,12,13);6*1-3H3;6*1H. The molecule has 0 aliphatic heterocycles. The van der Waals surface area contributed by atoms with E-state index in [2.05, 4.69) is 15.6 Å². The second-order valence-corrected chi connectivity index (χ2v) is 10.5. The topological polar surface area (TPSA) is 98.9 Å². The minimum atomic E-state index is -0.138. The Bertz CT molecular complexity index is 352. The smallest absolute Gasteiger partial charge is 0.261 e. The first-order valence-electron chi connectivity index (χ1n) is 12.5. The van der Waals surface area contributed by atoms with Gasteiger partial charge >= 0.3 is 0 Å². The lowest BCUT2D eigenvalue weighted by molar-refractivity contribution is -0.114. The lowest BCUT2D eigenvalue weighted by Gasteiger charge is -1.98. The van der Waals surface area contributed by atoms with Crippen LogP contribution in [0.15, 0.2) is 4.99 Å². The van der Waals surface area contributed by atoms with Gasteiger partial charge in [0.15, 0.2) is 0 Å². The number of nitrogens with zero attached hydrogens (tertiary/aromatic N) is 7. The molecule has 1 amide bonds. The number of carbonyl (C=O) groups is 1. The van der Waals surface area contributed by atoms with Gasteiger partial charge in [-0.1, -0.05) is 0 Å². The highest BCUT2D eigenvalue weighted by molar-refractivity contribution is 14.0. The number of nitrogens with one attached hydrogen (secondary N) is 2. The first-order valence-corrected chi connectivity index (χ1v) is 12.5. The number of hydrogen-bond donors (Lipinski definition) is 3. The third kappa shape index (κ3) is 418. The third-order valence-corrected chi connectivity index (χ3v) is 1.30. The zero-order valence-electron chi connectivity index (χ0n) is 31.2. The number of nitrogens with two attached hydrogens (primary N) is 1. The Morgan fingerprint density at radius 3 is 0.977 bits per heavy atom. The highest BCUT2D eigenvalue weighted by Gasteiger charge is 1.90. The molecule has 280 valence electrons. The van der Waals surface area contributed by atoms with Crippen LogP contribution in [0.3, 0.4) is 0 Å². The Balaban J connectivity index is -0.0000000235. The van der Waals surface area contributed by atoms with Crippen LogP contribution < -0.4 is 16.4 Å². The molecule has 0 saturated heterocycles. The zero-order chi connectivity index (χ0) is 31.4. The van der Waals surface area contributed by atoms with Crippen LogP contribution in [-0.2, 0) is 4.79 Å². The number of halogens is 6. The van der Waals surface area contributed by atoms with E-state index in [1.54, 1.807) is 0 Å². The van der Waals surface area contributed by atoms with Crippen molar-refractivity contribution in [3.8, 4) is 0 Å². The van der Waals surface area contributed by atoms with E-state index in [4.69, 9.17) is 5.73 Å². The molecule has 0 rings (SSSR count). The number of carbonyl (C=O) groups excluding carboxylic acids is 1. The van der Waals surface area contributed by atoms with Crippen molar-refractivity contribution >= 4 is 156 Å². The van der Waals surface area contributed by atoms with Crippen molar-refractivity contribution in [1.82, 2.24) is 40.0 Å². The molecule has 0 aliphatic carbocycles. The number of rotatable bonds is 7. The average Bonchev–Trinajstić information content (AvgIpc) is 2.62. The first-order chi connectivity index (χ1) is 16.7. The lowest BCUT2D eigenvalue weighted by atomic mass is 10.5. The van der Waals surface area contributed by atoms with Crippen LogP contribution >= 0.6 is 144 Å². The summed E-state index contributed by atoms with van der Waals surface area (Å²) >= 11 is 0. The van der Waals surface area contributed by atoms with Gasteiger partial charge in [-0.15, -0.1) is 144 Å². The molecule has 0 spiro atoms. The number of aliphatic imine (C=N–C) groups is 1. The predicted molar refractivity (Wildman–Crippen MR) is 264 cm³/mol. The maximum atomic E-state index is 10.8. The largest absolute Gasteiger partial charge is 0.352 e. The van der Waals surface area contributed by atoms with Gasteiger partial charge in [0.25, 0.3) is 5.91 Å². The quantitative estimate of drug-likeness (QED) is 0.201. The van der Waals surface area contributed by atoms with E-state index >= 15 is 0 Å². The summed E-state index contributed by atoms with van der Waals surface area (Å²) in [5.41, 5.74) is 5.27. The van der Waals surface area contributed by atoms with Gasteiger partial charge in [0, 0.05) is 26.2 Å². The number of hydrogen-bond acceptors (Lipinski definition) is 10. The Morgan fingerprint density at radius 2 is 0.791 bits per heavy atom. The molecule has 0 aliphatic rings. The molecular formula is C26H78I6N10O. The van der Waals surface area contributed by atoms with E-state index in [1.807, 2.05) is 163 Å². The molecular weight excluding hydrogens is 1230 g/mol. The summed E-state index contributed by atoms with van der Waals surface area (Å²) in [6.07, 6.45) is 1.31. The van der Waals surface area contributed by atoms with E-state index in [9.17, 15) is 4.79 Å². The molecule has 0 aromatic heterocycles. The summed E-state index contributed by atoms with van der Waals surface area (Å²) in [6, 6.07) is 0. The summed E-state index contributed by atoms with van der Waals surface area (Å²) in [6.45, 7) is 5.28. The second-order valence-electron chi connectivity index (χ2n) is 10.5. The van der Waals surface area contributed by atoms with Gasteiger partial charge in [-0.3, -0.25) is 9.79 Å². The fraction of sp³-hybridized carbons (Fsp3) is 0.923. The van der Waals surface area contributed by atoms with Crippen LogP contribution in [-0.4, -0.2) is 201 Å². The maximum absolute atomic E-state index is 10.8. The fourth-order valence-corrected chi connectivity index (χ4v) is 0.738. The first kappa shape index (κ1) is 85.6. The van der Waals surface area contributed by atoms with Gasteiger partial charge < -0.3 is 45.8 Å². The Hall–Kier alpha value is 3.20. The van der Waals surface area contributed by atoms with E-state index in [0.717, 1.165) is 13.1 Å². The summed E-state index contributed by atoms with van der Waals surface area (Å²) in [7, 11) is 36.0. The summed E-state index contributed by atoms with van der Waals surface area (Å²) in [5.74, 6) is -0.138. The van der Waals surface area contributed by atoms with Gasteiger partial charge in [0.05, 0.1) is 12.8 Å². The summed E-state index contributed by atoms with van der Waals surface area (Å²) in [5, 5.41) is 5.69. The Morgan fingerprint density at radius 1 is 0.558 bits per heavy atom. The highest BCUT2D eigenvalue weighted by Crippen LogP contribution is 1.67. The molecule has 17 heteroatoms. The van der Waals surface area contributed by atoms with E-state index < -0.39 is 0 Å². The minimum Gasteiger partial charge on any atom is -0.352 e. The van der Waals surface area contributed by atoms with Gasteiger partial charge in [-0.2, -0.15) is 0 Å². The van der Waals surface area contributed by atoms with E-state index in [0.29, 0.717) is 19.6 Å². The molecule has 43 heavy (non-hydrogen) atoms. The van der Waals surface area contributed by atoms with Crippen LogP contribution in [0, 0.1) is 0 Å². The van der Waals surface area contributed by atoms with Crippen molar-refractivity contribution in [3.05, 3.63) is 0 Å². The van der Waals surface area contributed by atoms with Crippen molar-refractivity contribution in [2.75, 3.05) is 160 Å². The van der Waals surface area contributed by atoms with Crippen molar-refractivity contribution in [2.24, 2.45) is 10.7 Å². The molecule has 4 N–H and O–H groups in total. The van der Waals surface area contributed by atoms with Crippen LogP contribution in [0.25, 0.3) is 0 Å². The van der Waals surface area contributed by atoms with Crippen LogP contribution in [0.1, 0.15) is 6.92 Å². The SMILES string of the molecule is CCNC(=O)C=NCCNCCN.CN(C)C.CN(C)C.CN(C)C.CN(C)C.CN(C)C.CN(C)C.I.I.I.I.I.I. The van der Waals surface area contributed by atoms with E-state index in [1.165, 1.54) is 6.21 Å². The minimum absolute atomic E-state index is 0. The highest BCUT2D eigenvalue weighted by atomic mass is 127. The molecule has 0 atom stereocenters. The molecule has 0 aromatic rings. The normalized spacial score (nSPS) is 8.23. The molecule has 0 heterocycles. The van der Waals surface area contributed by atoms with Crippen LogP contribution in [0.5, 0.6) is 0 Å². The maximum Gasteiger partial charge on any atom is 0.261 e. The monoisotopic (exact) mass is 1310 g/mol. The zero-order valence-corrected chi connectivity index (χ0v) is 45.2. The van der Waals surface area contributed by atoms with Gasteiger partial charge in [-0.05, 0) is 134 Å². The van der Waals surface area contributed by atoms with Crippen molar-refractivity contribution in [1.29, 1.82) is 0 Å². The molecule has 0 aromatic carbocycles. The fourth-order valence-electron chi connectivity index (χ4n) is 0.738. The lowest BCUT2D eigenvalue weighted by Crippen LogP contribution is -2.26. The molecule has 0 radical (unpaired) electrons. The number of amides is 1. The Labute approximate surface area is 373 Å². The average molecular weight is 1310 g/mol. The molecule has 11 nitrogen and oxygen atoms in total. The Kier molecular flexibility index (Phi) is 160. The van der Waals surface area contributed by atoms with Gasteiger partial charge in [0.2, 0.25) is 0 Å². The van der Waals surface area contributed by atoms with Crippen molar-refractivity contribution < 1.29 is 4.79 Å². The second kappa shape index (κ2) is 80.1.